The van der Waals surface area contributed by atoms with E-state index >= 15 is 0 Å². The van der Waals surface area contributed by atoms with Gasteiger partial charge in [0.15, 0.2) is 0 Å². The van der Waals surface area contributed by atoms with Crippen molar-refractivity contribution in [2.75, 3.05) is 0 Å². The number of aromatic nitrogens is 2. The summed E-state index contributed by atoms with van der Waals surface area (Å²) in [5.74, 6) is 2.20. The molecule has 0 bridgehead atoms. The van der Waals surface area contributed by atoms with Crippen molar-refractivity contribution in [3.8, 4) is 0 Å². The largest absolute Gasteiger partial charge is 0.257 e. The molecule has 0 aromatic carbocycles. The van der Waals surface area contributed by atoms with E-state index in [4.69, 9.17) is 0 Å². The average Bonchev–Trinajstić information content (AvgIpc) is 3.30. The van der Waals surface area contributed by atoms with Crippen LogP contribution in [0.4, 0.5) is 0 Å². The van der Waals surface area contributed by atoms with Crippen molar-refractivity contribution >= 4 is 0 Å². The first-order valence-electron chi connectivity index (χ1n) is 15.3. The van der Waals surface area contributed by atoms with Crippen LogP contribution in [0.3, 0.4) is 0 Å². The Morgan fingerprint density at radius 3 is 1.30 bits per heavy atom. The minimum absolute atomic E-state index is 0.550. The Balaban J connectivity index is 2.25. The van der Waals surface area contributed by atoms with Gasteiger partial charge in [-0.15, -0.1) is 0 Å². The maximum atomic E-state index is 3.62. The first-order chi connectivity index (χ1) is 16.2. The Morgan fingerprint density at radius 2 is 0.939 bits per heavy atom. The third-order valence-corrected chi connectivity index (χ3v) is 7.50. The molecule has 1 aromatic rings. The molecule has 0 saturated heterocycles. The van der Waals surface area contributed by atoms with Gasteiger partial charge in [0.05, 0.1) is 12.0 Å². The summed E-state index contributed by atoms with van der Waals surface area (Å²) in [5.41, 5.74) is 0. The van der Waals surface area contributed by atoms with Crippen LogP contribution in [-0.2, 0) is 0 Å². The molecule has 0 unspecified atom stereocenters. The van der Waals surface area contributed by atoms with Gasteiger partial charge in [-0.25, -0.2) is 9.55 Å². The number of hydrogen-bond donors (Lipinski definition) is 1. The third kappa shape index (κ3) is 15.7. The molecule has 1 aromatic heterocycles. The zero-order valence-electron chi connectivity index (χ0n) is 23.3. The number of nitrogens with one attached hydrogen (secondary N) is 1. The summed E-state index contributed by atoms with van der Waals surface area (Å²) in [6, 6.07) is 0.550. The van der Waals surface area contributed by atoms with Crippen LogP contribution >= 0.6 is 0 Å². The third-order valence-electron chi connectivity index (χ3n) is 7.50. The number of nitrogens with zero attached hydrogens (tertiary/aromatic N) is 1. The second-order valence-corrected chi connectivity index (χ2v) is 11.0. The second kappa shape index (κ2) is 21.7. The summed E-state index contributed by atoms with van der Waals surface area (Å²) in [6.45, 7) is 9.24. The predicted octanol–water partition coefficient (Wildman–Crippen LogP) is 10.6. The lowest BCUT2D eigenvalue weighted by molar-refractivity contribution is -0.723. The van der Waals surface area contributed by atoms with Crippen LogP contribution in [-0.4, -0.2) is 4.98 Å². The normalized spacial score (nSPS) is 11.8. The summed E-state index contributed by atoms with van der Waals surface area (Å²) in [7, 11) is 0. The summed E-state index contributed by atoms with van der Waals surface area (Å²) in [4.78, 5) is 3.62. The highest BCUT2D eigenvalue weighted by Gasteiger charge is 2.23. The molecule has 33 heavy (non-hydrogen) atoms. The molecule has 1 N–H and O–H groups in total. The van der Waals surface area contributed by atoms with E-state index < -0.39 is 0 Å². The van der Waals surface area contributed by atoms with Crippen molar-refractivity contribution in [1.82, 2.24) is 4.98 Å². The molecule has 2 heteroatoms. The highest BCUT2D eigenvalue weighted by molar-refractivity contribution is 4.90. The van der Waals surface area contributed by atoms with Gasteiger partial charge in [0.2, 0.25) is 0 Å². The van der Waals surface area contributed by atoms with E-state index in [2.05, 4.69) is 49.6 Å². The van der Waals surface area contributed by atoms with Gasteiger partial charge < -0.3 is 0 Å². The molecule has 0 radical (unpaired) electrons. The predicted molar refractivity (Wildman–Crippen MR) is 147 cm³/mol. The number of imidazole rings is 1. The van der Waals surface area contributed by atoms with Crippen LogP contribution in [0.1, 0.15) is 187 Å². The van der Waals surface area contributed by atoms with Crippen LogP contribution in [0.5, 0.6) is 0 Å². The quantitative estimate of drug-likeness (QED) is 0.117. The molecule has 0 saturated carbocycles. The highest BCUT2D eigenvalue weighted by atomic mass is 15.1. The van der Waals surface area contributed by atoms with Gasteiger partial charge >= 0.3 is 0 Å². The summed E-state index contributed by atoms with van der Waals surface area (Å²) in [6.07, 6.45) is 35.7. The van der Waals surface area contributed by atoms with E-state index in [0.29, 0.717) is 12.0 Å². The molecule has 1 heterocycles. The van der Waals surface area contributed by atoms with E-state index in [1.54, 1.807) is 0 Å². The Kier molecular flexibility index (Phi) is 19.9. The van der Waals surface area contributed by atoms with Crippen LogP contribution < -0.4 is 4.57 Å². The first-order valence-corrected chi connectivity index (χ1v) is 15.3. The van der Waals surface area contributed by atoms with Crippen LogP contribution in [0.15, 0.2) is 12.4 Å². The van der Waals surface area contributed by atoms with Crippen LogP contribution in [0, 0.1) is 0 Å². The molecule has 0 atom stereocenters. The second-order valence-electron chi connectivity index (χ2n) is 11.0. The van der Waals surface area contributed by atoms with Gasteiger partial charge in [0, 0.05) is 0 Å². The Hall–Kier alpha value is -0.790. The summed E-state index contributed by atoms with van der Waals surface area (Å²) < 4.78 is 2.48. The highest BCUT2D eigenvalue weighted by Crippen LogP contribution is 2.27. The molecular weight excluding hydrogens is 400 g/mol. The van der Waals surface area contributed by atoms with E-state index in [9.17, 15) is 0 Å². The lowest BCUT2D eigenvalue weighted by atomic mass is 9.93. The van der Waals surface area contributed by atoms with Gasteiger partial charge in [0.1, 0.15) is 12.4 Å². The fourth-order valence-corrected chi connectivity index (χ4v) is 5.31. The molecule has 2 nitrogen and oxygen atoms in total. The number of unbranched alkanes of at least 4 members (excludes halogenated alkanes) is 18. The molecule has 1 rings (SSSR count). The van der Waals surface area contributed by atoms with Gasteiger partial charge in [-0.3, -0.25) is 0 Å². The van der Waals surface area contributed by atoms with Crippen molar-refractivity contribution in [3.63, 3.8) is 0 Å². The zero-order valence-corrected chi connectivity index (χ0v) is 23.3. The number of rotatable bonds is 24. The molecule has 0 aliphatic rings. The molecular formula is C31H61N2+. The topological polar surface area (TPSA) is 19.7 Å². The maximum Gasteiger partial charge on any atom is 0.257 e. The Bertz CT molecular complexity index is 495. The monoisotopic (exact) mass is 461 g/mol. The molecule has 0 spiro atoms. The zero-order chi connectivity index (χ0) is 24.0. The Morgan fingerprint density at radius 1 is 0.576 bits per heavy atom. The average molecular weight is 462 g/mol. The summed E-state index contributed by atoms with van der Waals surface area (Å²) >= 11 is 0. The van der Waals surface area contributed by atoms with Crippen molar-refractivity contribution < 1.29 is 4.57 Å². The Labute approximate surface area is 208 Å². The lowest BCUT2D eigenvalue weighted by Gasteiger charge is -2.15. The number of H-pyrrole nitrogens is 1. The minimum Gasteiger partial charge on any atom is -0.247 e. The van der Waals surface area contributed by atoms with Crippen molar-refractivity contribution in [3.05, 3.63) is 18.2 Å². The van der Waals surface area contributed by atoms with Gasteiger partial charge in [-0.1, -0.05) is 142 Å². The fraction of sp³-hybridized carbons (Fsp3) is 0.903. The van der Waals surface area contributed by atoms with Crippen LogP contribution in [0.2, 0.25) is 0 Å². The van der Waals surface area contributed by atoms with Crippen LogP contribution in [0.25, 0.3) is 0 Å². The molecule has 0 aliphatic heterocycles. The van der Waals surface area contributed by atoms with Gasteiger partial charge in [-0.2, -0.15) is 0 Å². The lowest BCUT2D eigenvalue weighted by Crippen LogP contribution is -2.39. The number of hydrogen-bond acceptors (Lipinski definition) is 0. The van der Waals surface area contributed by atoms with Gasteiger partial charge in [-0.05, 0) is 26.7 Å². The fourth-order valence-electron chi connectivity index (χ4n) is 5.31. The maximum absolute atomic E-state index is 3.62. The van der Waals surface area contributed by atoms with Crippen molar-refractivity contribution in [2.45, 2.75) is 181 Å². The molecule has 0 amide bonds. The first kappa shape index (κ1) is 30.2. The van der Waals surface area contributed by atoms with E-state index in [1.807, 2.05) is 0 Å². The van der Waals surface area contributed by atoms with Gasteiger partial charge in [0.25, 0.3) is 5.82 Å². The van der Waals surface area contributed by atoms with Crippen molar-refractivity contribution in [1.29, 1.82) is 0 Å². The van der Waals surface area contributed by atoms with Crippen molar-refractivity contribution in [2.24, 2.45) is 0 Å². The van der Waals surface area contributed by atoms with E-state index in [0.717, 1.165) is 0 Å². The smallest absolute Gasteiger partial charge is 0.247 e. The minimum atomic E-state index is 0.550. The molecule has 0 fully saturated rings. The van der Waals surface area contributed by atoms with E-state index in [1.165, 1.54) is 147 Å². The molecule has 194 valence electrons. The number of aromatic amines is 1. The molecule has 0 aliphatic carbocycles. The SMILES string of the molecule is CCCCCCCCCCCCC(CCCCCCCCCCCC)c1[nH]cc[n+]1C(C)C. The summed E-state index contributed by atoms with van der Waals surface area (Å²) in [5, 5.41) is 0. The van der Waals surface area contributed by atoms with E-state index in [-0.39, 0.29) is 0 Å². The standard InChI is InChI=1S/C31H60N2/c1-5-7-9-11-13-15-17-19-21-23-25-30(31-32-27-28-33(31)29(3)4)26-24-22-20-18-16-14-12-10-8-6-2/h27-30H,5-26H2,1-4H3/p+1.